The van der Waals surface area contributed by atoms with Gasteiger partial charge in [-0.15, -0.1) is 0 Å². The number of phenols is 4. The molecular weight excluding hydrogens is 872 g/mol. The molecule has 3 aliphatic heterocycles. The normalized spacial score (nSPS) is 32.9. The Bertz CT molecular complexity index is 2400. The monoisotopic (exact) mass is 918 g/mol. The molecule has 3 aliphatic rings. The molecule has 13 N–H and O–H groups in total. The topological polar surface area (TPSA) is 375 Å². The zero-order valence-corrected chi connectivity index (χ0v) is 33.8. The fourth-order valence-corrected chi connectivity index (χ4v) is 7.14. The minimum atomic E-state index is -2.12. The fraction of sp³-hybridized carbons (Fsp3) is 0.429. The van der Waals surface area contributed by atoms with Crippen molar-refractivity contribution in [1.82, 2.24) is 0 Å². The molecule has 352 valence electrons. The van der Waals surface area contributed by atoms with E-state index in [-0.39, 0.29) is 17.1 Å². The van der Waals surface area contributed by atoms with Gasteiger partial charge in [-0.05, 0) is 48.9 Å². The van der Waals surface area contributed by atoms with Crippen LogP contribution < -0.4 is 14.9 Å². The molecule has 0 spiro atoms. The molecule has 4 aromatic rings. The first kappa shape index (κ1) is 47.3. The molecule has 0 bridgehead atoms. The van der Waals surface area contributed by atoms with E-state index in [9.17, 15) is 76.0 Å². The first-order valence-electron chi connectivity index (χ1n) is 19.9. The van der Waals surface area contributed by atoms with Gasteiger partial charge >= 0.3 is 5.97 Å². The molecule has 65 heavy (non-hydrogen) atoms. The lowest BCUT2D eigenvalue weighted by Crippen LogP contribution is -2.62. The van der Waals surface area contributed by atoms with Gasteiger partial charge in [-0.2, -0.15) is 0 Å². The number of aromatic hydroxyl groups is 4. The van der Waals surface area contributed by atoms with Crippen LogP contribution in [0.5, 0.6) is 34.5 Å². The standard InChI is InChI=1S/C42H46O23/c1-15-28(48)32(52)36(56)41(60-15)61-19-11-22(46)27-23(12-19)62-38(17-5-8-20(44)21(45)10-17)39(31(27)51)65-42-37(57)34(54)30(50)25(64-42)14-59-40-35(55)33(53)29(49)24(63-40)13-58-26(47)9-4-16-2-6-18(43)7-3-16/h2-12,15,24-25,28-30,32-37,40-46,48-50,52-57H,13-14H2,1H3/t15-,24+,25+,28-,29+,30+,32+,33-,34-,35+,36+,37+,40+,41-,42-/m0/s1. The van der Waals surface area contributed by atoms with Crippen molar-refractivity contribution in [3.8, 4) is 45.8 Å². The van der Waals surface area contributed by atoms with Crippen LogP contribution >= 0.6 is 0 Å². The van der Waals surface area contributed by atoms with E-state index in [1.54, 1.807) is 0 Å². The number of ether oxygens (including phenoxy) is 7. The Hall–Kier alpha value is -5.64. The van der Waals surface area contributed by atoms with Gasteiger partial charge in [-0.25, -0.2) is 4.79 Å². The highest BCUT2D eigenvalue weighted by atomic mass is 16.7. The van der Waals surface area contributed by atoms with Crippen LogP contribution in [0.15, 0.2) is 69.9 Å². The van der Waals surface area contributed by atoms with Crippen LogP contribution in [-0.4, -0.2) is 178 Å². The lowest BCUT2D eigenvalue weighted by Gasteiger charge is -2.42. The van der Waals surface area contributed by atoms with Gasteiger partial charge in [0.05, 0.1) is 12.7 Å². The number of phenolic OH excluding ortho intramolecular Hbond substituents is 4. The smallest absolute Gasteiger partial charge is 0.330 e. The Morgan fingerprint density at radius 1 is 0.631 bits per heavy atom. The molecule has 3 fully saturated rings. The van der Waals surface area contributed by atoms with E-state index in [1.807, 2.05) is 0 Å². The van der Waals surface area contributed by atoms with E-state index in [1.165, 1.54) is 43.3 Å². The average molecular weight is 919 g/mol. The maximum atomic E-state index is 14.2. The van der Waals surface area contributed by atoms with Crippen LogP contribution in [0, 0.1) is 0 Å². The Kier molecular flexibility index (Phi) is 14.2. The number of hydrogen-bond acceptors (Lipinski definition) is 23. The summed E-state index contributed by atoms with van der Waals surface area (Å²) in [6.07, 6.45) is -23.8. The van der Waals surface area contributed by atoms with Crippen LogP contribution in [0.25, 0.3) is 28.4 Å². The van der Waals surface area contributed by atoms with E-state index in [4.69, 9.17) is 37.6 Å². The summed E-state index contributed by atoms with van der Waals surface area (Å²) < 4.78 is 44.9. The SMILES string of the molecule is C[C@@H]1O[C@@H](Oc2cc(O)c3c(=O)c(O[C@@H]4O[C@H](CO[C@@H]5O[C@H](COC(=O)C=Cc6ccc(O)cc6)[C@@H](O)[C@H](O)[C@H]5O)[C@@H](O)[C@H](O)[C@H]4O)c(-c4ccc(O)c(O)c4)oc3c2)[C@H](O)[C@H](O)[C@H]1O. The van der Waals surface area contributed by atoms with Gasteiger partial charge in [0.2, 0.25) is 23.8 Å². The summed E-state index contributed by atoms with van der Waals surface area (Å²) in [7, 11) is 0. The highest BCUT2D eigenvalue weighted by Gasteiger charge is 2.49. The van der Waals surface area contributed by atoms with Crippen LogP contribution in [0.4, 0.5) is 0 Å². The predicted octanol–water partition coefficient (Wildman–Crippen LogP) is -2.24. The molecule has 0 amide bonds. The predicted molar refractivity (Wildman–Crippen MR) is 214 cm³/mol. The molecule has 0 radical (unpaired) electrons. The van der Waals surface area contributed by atoms with Gasteiger partial charge in [-0.1, -0.05) is 12.1 Å². The second-order valence-electron chi connectivity index (χ2n) is 15.4. The van der Waals surface area contributed by atoms with E-state index < -0.39 is 156 Å². The Morgan fingerprint density at radius 3 is 1.89 bits per heavy atom. The van der Waals surface area contributed by atoms with E-state index >= 15 is 0 Å². The molecule has 7 rings (SSSR count). The average Bonchev–Trinajstić information content (AvgIpc) is 3.27. The van der Waals surface area contributed by atoms with Crippen LogP contribution in [-0.2, 0) is 28.5 Å². The Labute approximate surface area is 365 Å². The number of fused-ring (bicyclic) bond motifs is 1. The van der Waals surface area contributed by atoms with Gasteiger partial charge in [0.15, 0.2) is 23.5 Å². The molecule has 0 saturated carbocycles. The van der Waals surface area contributed by atoms with Gasteiger partial charge in [-0.3, -0.25) is 4.79 Å². The molecular formula is C42H46O23. The highest BCUT2D eigenvalue weighted by Crippen LogP contribution is 2.40. The summed E-state index contributed by atoms with van der Waals surface area (Å²) in [4.78, 5) is 26.6. The van der Waals surface area contributed by atoms with Crippen LogP contribution in [0.3, 0.4) is 0 Å². The molecule has 23 heteroatoms. The molecule has 4 heterocycles. The lowest BCUT2D eigenvalue weighted by atomic mass is 9.98. The van der Waals surface area contributed by atoms with Crippen molar-refractivity contribution in [2.45, 2.75) is 99.0 Å². The maximum absolute atomic E-state index is 14.2. The molecule has 15 atom stereocenters. The zero-order chi connectivity index (χ0) is 47.0. The van der Waals surface area contributed by atoms with E-state index in [0.717, 1.165) is 30.3 Å². The highest BCUT2D eigenvalue weighted by molar-refractivity contribution is 5.89. The van der Waals surface area contributed by atoms with E-state index in [0.29, 0.717) is 5.56 Å². The number of carbonyl (C=O) groups is 1. The zero-order valence-electron chi connectivity index (χ0n) is 33.8. The van der Waals surface area contributed by atoms with E-state index in [2.05, 4.69) is 0 Å². The quantitative estimate of drug-likeness (QED) is 0.0406. The summed E-state index contributed by atoms with van der Waals surface area (Å²) >= 11 is 0. The van der Waals surface area contributed by atoms with Crippen molar-refractivity contribution in [2.24, 2.45) is 0 Å². The number of rotatable bonds is 12. The van der Waals surface area contributed by atoms with Crippen LogP contribution in [0.1, 0.15) is 12.5 Å². The largest absolute Gasteiger partial charge is 0.508 e. The number of benzene rings is 3. The van der Waals surface area contributed by atoms with Crippen molar-refractivity contribution >= 4 is 23.0 Å². The summed E-state index contributed by atoms with van der Waals surface area (Å²) in [5.74, 6) is -4.52. The number of aliphatic hydroxyl groups excluding tert-OH is 9. The molecule has 3 aromatic carbocycles. The molecule has 3 saturated heterocycles. The minimum Gasteiger partial charge on any atom is -0.508 e. The summed E-state index contributed by atoms with van der Waals surface area (Å²) in [5.41, 5.74) is -1.13. The lowest BCUT2D eigenvalue weighted by molar-refractivity contribution is -0.323. The summed E-state index contributed by atoms with van der Waals surface area (Å²) in [6, 6.07) is 11.0. The third-order valence-corrected chi connectivity index (χ3v) is 10.9. The molecule has 0 unspecified atom stereocenters. The summed E-state index contributed by atoms with van der Waals surface area (Å²) in [5, 5.41) is 136. The fourth-order valence-electron chi connectivity index (χ4n) is 7.14. The van der Waals surface area contributed by atoms with Gasteiger partial charge < -0.3 is 104 Å². The van der Waals surface area contributed by atoms with Gasteiger partial charge in [0.25, 0.3) is 0 Å². The first-order chi connectivity index (χ1) is 30.8. The van der Waals surface area contributed by atoms with Crippen molar-refractivity contribution < 1.29 is 109 Å². The number of aliphatic hydroxyl groups is 9. The molecule has 1 aromatic heterocycles. The van der Waals surface area contributed by atoms with Crippen molar-refractivity contribution in [2.75, 3.05) is 13.2 Å². The van der Waals surface area contributed by atoms with Gasteiger partial charge in [0.1, 0.15) is 102 Å². The molecule has 23 nitrogen and oxygen atoms in total. The minimum absolute atomic E-state index is 0.0114. The summed E-state index contributed by atoms with van der Waals surface area (Å²) in [6.45, 7) is -0.0256. The van der Waals surface area contributed by atoms with Gasteiger partial charge in [0, 0.05) is 23.8 Å². The Morgan fingerprint density at radius 2 is 1.23 bits per heavy atom. The molecule has 0 aliphatic carbocycles. The number of esters is 1. The Balaban J connectivity index is 1.10. The third-order valence-electron chi connectivity index (χ3n) is 10.9. The second kappa shape index (κ2) is 19.4. The van der Waals surface area contributed by atoms with Crippen molar-refractivity contribution in [3.63, 3.8) is 0 Å². The first-order valence-corrected chi connectivity index (χ1v) is 19.9. The number of carbonyl (C=O) groups excluding carboxylic acids is 1. The second-order valence-corrected chi connectivity index (χ2v) is 15.4. The van der Waals surface area contributed by atoms with Crippen LogP contribution in [0.2, 0.25) is 0 Å². The number of hydrogen-bond donors (Lipinski definition) is 13. The maximum Gasteiger partial charge on any atom is 0.330 e. The van der Waals surface area contributed by atoms with Crippen molar-refractivity contribution in [1.29, 1.82) is 0 Å². The third kappa shape index (κ3) is 9.97. The van der Waals surface area contributed by atoms with Crippen molar-refractivity contribution in [3.05, 3.63) is 76.5 Å².